The molecule has 1 aromatic heterocycles. The highest BCUT2D eigenvalue weighted by molar-refractivity contribution is 5.93. The molecule has 29 heavy (non-hydrogen) atoms. The topological polar surface area (TPSA) is 94.6 Å². The molecule has 9 heteroatoms. The number of anilines is 3. The van der Waals surface area contributed by atoms with E-state index in [-0.39, 0.29) is 12.4 Å². The van der Waals surface area contributed by atoms with Crippen LogP contribution in [0.1, 0.15) is 12.5 Å². The molecule has 154 valence electrons. The molecule has 0 bridgehead atoms. The van der Waals surface area contributed by atoms with Gasteiger partial charge in [0.05, 0.1) is 26.3 Å². The number of nitrogens with one attached hydrogen (secondary N) is 2. The van der Waals surface area contributed by atoms with Crippen LogP contribution in [0.15, 0.2) is 36.7 Å². The summed E-state index contributed by atoms with van der Waals surface area (Å²) in [7, 11) is 3.16. The van der Waals surface area contributed by atoms with Gasteiger partial charge in [-0.05, 0) is 43.7 Å². The van der Waals surface area contributed by atoms with Gasteiger partial charge >= 0.3 is 6.09 Å². The standard InChI is InChI=1S/C20H22N4O4.ClH/c1-5-28-20(25)24-15-7-6-13(8-12(15)2)23-19-14-9-17(26-3)18(27-4)10-16(14)21-11-22-19;/h6-11H,5H2,1-4H3,(H,24,25)(H,21,22,23);1H. The van der Waals surface area contributed by atoms with E-state index in [2.05, 4.69) is 20.6 Å². The van der Waals surface area contributed by atoms with Gasteiger partial charge in [-0.3, -0.25) is 5.32 Å². The van der Waals surface area contributed by atoms with Gasteiger partial charge in [-0.1, -0.05) is 0 Å². The Labute approximate surface area is 175 Å². The Hall–Kier alpha value is -3.26. The molecule has 8 nitrogen and oxygen atoms in total. The first-order valence-electron chi connectivity index (χ1n) is 8.74. The highest BCUT2D eigenvalue weighted by Crippen LogP contribution is 2.34. The number of ether oxygens (including phenoxy) is 3. The Kier molecular flexibility index (Phi) is 7.44. The monoisotopic (exact) mass is 418 g/mol. The average molecular weight is 419 g/mol. The molecule has 0 saturated heterocycles. The second-order valence-corrected chi connectivity index (χ2v) is 5.95. The number of aryl methyl sites for hydroxylation is 1. The van der Waals surface area contributed by atoms with Gasteiger partial charge in [-0.2, -0.15) is 0 Å². The maximum absolute atomic E-state index is 11.6. The zero-order chi connectivity index (χ0) is 20.1. The number of rotatable bonds is 6. The van der Waals surface area contributed by atoms with Crippen molar-refractivity contribution in [2.45, 2.75) is 13.8 Å². The Morgan fingerprint density at radius 1 is 1.07 bits per heavy atom. The molecule has 3 aromatic rings. The quantitative estimate of drug-likeness (QED) is 0.599. The number of aromatic nitrogens is 2. The van der Waals surface area contributed by atoms with Crippen molar-refractivity contribution in [3.63, 3.8) is 0 Å². The van der Waals surface area contributed by atoms with Gasteiger partial charge in [0.2, 0.25) is 0 Å². The van der Waals surface area contributed by atoms with Crippen LogP contribution in [0.25, 0.3) is 10.9 Å². The van der Waals surface area contributed by atoms with E-state index in [0.29, 0.717) is 29.6 Å². The van der Waals surface area contributed by atoms with Crippen LogP contribution in [0.2, 0.25) is 0 Å². The Balaban J connectivity index is 0.00000300. The summed E-state index contributed by atoms with van der Waals surface area (Å²) in [4.78, 5) is 20.3. The van der Waals surface area contributed by atoms with E-state index in [1.165, 1.54) is 6.33 Å². The molecule has 2 N–H and O–H groups in total. The lowest BCUT2D eigenvalue weighted by Crippen LogP contribution is -2.14. The SMILES string of the molecule is CCOC(=O)Nc1ccc(Nc2ncnc3cc(OC)c(OC)cc23)cc1C.Cl. The van der Waals surface area contributed by atoms with Gasteiger partial charge in [0.15, 0.2) is 11.5 Å². The second kappa shape index (κ2) is 9.79. The van der Waals surface area contributed by atoms with E-state index >= 15 is 0 Å². The minimum atomic E-state index is -0.478. The van der Waals surface area contributed by atoms with E-state index in [4.69, 9.17) is 14.2 Å². The third-order valence-electron chi connectivity index (χ3n) is 4.14. The minimum absolute atomic E-state index is 0. The van der Waals surface area contributed by atoms with Gasteiger partial charge < -0.3 is 19.5 Å². The van der Waals surface area contributed by atoms with Gasteiger partial charge in [0.1, 0.15) is 12.1 Å². The number of benzene rings is 2. The van der Waals surface area contributed by atoms with E-state index in [0.717, 1.165) is 22.2 Å². The van der Waals surface area contributed by atoms with Crippen molar-refractivity contribution in [1.29, 1.82) is 0 Å². The molecule has 0 fully saturated rings. The lowest BCUT2D eigenvalue weighted by molar-refractivity contribution is 0.168. The van der Waals surface area contributed by atoms with Crippen molar-refractivity contribution >= 4 is 46.6 Å². The van der Waals surface area contributed by atoms with Crippen molar-refractivity contribution in [2.24, 2.45) is 0 Å². The summed E-state index contributed by atoms with van der Waals surface area (Å²) in [6.45, 7) is 3.98. The summed E-state index contributed by atoms with van der Waals surface area (Å²) < 4.78 is 15.6. The number of methoxy groups -OCH3 is 2. The van der Waals surface area contributed by atoms with Crippen LogP contribution < -0.4 is 20.1 Å². The Bertz CT molecular complexity index is 1010. The van der Waals surface area contributed by atoms with E-state index in [9.17, 15) is 4.79 Å². The highest BCUT2D eigenvalue weighted by atomic mass is 35.5. The predicted octanol–water partition coefficient (Wildman–Crippen LogP) is 4.69. The van der Waals surface area contributed by atoms with Crippen molar-refractivity contribution in [3.8, 4) is 11.5 Å². The van der Waals surface area contributed by atoms with Crippen LogP contribution in [0.5, 0.6) is 11.5 Å². The number of halogens is 1. The first-order chi connectivity index (χ1) is 13.5. The summed E-state index contributed by atoms with van der Waals surface area (Å²) in [5.41, 5.74) is 3.12. The molecule has 1 heterocycles. The lowest BCUT2D eigenvalue weighted by Gasteiger charge is -2.13. The molecule has 0 radical (unpaired) electrons. The number of nitrogens with zero attached hydrogens (tertiary/aromatic N) is 2. The second-order valence-electron chi connectivity index (χ2n) is 5.95. The first-order valence-corrected chi connectivity index (χ1v) is 8.74. The summed E-state index contributed by atoms with van der Waals surface area (Å²) in [5, 5.41) is 6.80. The van der Waals surface area contributed by atoms with E-state index in [1.54, 1.807) is 27.2 Å². The van der Waals surface area contributed by atoms with Crippen molar-refractivity contribution in [1.82, 2.24) is 9.97 Å². The van der Waals surface area contributed by atoms with Crippen LogP contribution in [0, 0.1) is 6.92 Å². The molecular formula is C20H23ClN4O4. The number of carbonyl (C=O) groups excluding carboxylic acids is 1. The molecule has 0 spiro atoms. The molecule has 0 unspecified atom stereocenters. The normalized spacial score (nSPS) is 10.1. The van der Waals surface area contributed by atoms with Crippen molar-refractivity contribution in [3.05, 3.63) is 42.2 Å². The smallest absolute Gasteiger partial charge is 0.411 e. The Morgan fingerprint density at radius 2 is 1.79 bits per heavy atom. The number of hydrogen-bond acceptors (Lipinski definition) is 7. The van der Waals surface area contributed by atoms with Crippen molar-refractivity contribution in [2.75, 3.05) is 31.5 Å². The van der Waals surface area contributed by atoms with E-state index in [1.807, 2.05) is 31.2 Å². The fraction of sp³-hybridized carbons (Fsp3) is 0.250. The van der Waals surface area contributed by atoms with Crippen LogP contribution in [-0.2, 0) is 4.74 Å². The maximum atomic E-state index is 11.6. The van der Waals surface area contributed by atoms with Gasteiger partial charge in [-0.15, -0.1) is 12.4 Å². The van der Waals surface area contributed by atoms with Crippen LogP contribution in [0.4, 0.5) is 22.0 Å². The molecule has 0 atom stereocenters. The fourth-order valence-electron chi connectivity index (χ4n) is 2.78. The molecule has 3 rings (SSSR count). The molecule has 0 aliphatic carbocycles. The highest BCUT2D eigenvalue weighted by Gasteiger charge is 2.12. The number of carbonyl (C=O) groups is 1. The molecule has 0 saturated carbocycles. The zero-order valence-corrected chi connectivity index (χ0v) is 17.4. The number of amides is 1. The molecule has 1 amide bonds. The van der Waals surface area contributed by atoms with Crippen LogP contribution in [0.3, 0.4) is 0 Å². The van der Waals surface area contributed by atoms with E-state index < -0.39 is 6.09 Å². The van der Waals surface area contributed by atoms with Gasteiger partial charge in [0.25, 0.3) is 0 Å². The summed E-state index contributed by atoms with van der Waals surface area (Å²) in [5.74, 6) is 1.83. The molecule has 0 aliphatic rings. The van der Waals surface area contributed by atoms with Crippen LogP contribution in [-0.4, -0.2) is 36.9 Å². The fourth-order valence-corrected chi connectivity index (χ4v) is 2.78. The average Bonchev–Trinajstić information content (AvgIpc) is 2.69. The van der Waals surface area contributed by atoms with Crippen molar-refractivity contribution < 1.29 is 19.0 Å². The van der Waals surface area contributed by atoms with Gasteiger partial charge in [0, 0.05) is 22.8 Å². The number of fused-ring (bicyclic) bond motifs is 1. The molecule has 0 aliphatic heterocycles. The number of hydrogen-bond donors (Lipinski definition) is 2. The minimum Gasteiger partial charge on any atom is -0.493 e. The maximum Gasteiger partial charge on any atom is 0.411 e. The third kappa shape index (κ3) is 4.97. The molecular weight excluding hydrogens is 396 g/mol. The first kappa shape index (κ1) is 22.0. The zero-order valence-electron chi connectivity index (χ0n) is 16.6. The third-order valence-corrected chi connectivity index (χ3v) is 4.14. The summed E-state index contributed by atoms with van der Waals surface area (Å²) in [6.07, 6.45) is 1.01. The lowest BCUT2D eigenvalue weighted by atomic mass is 10.1. The summed E-state index contributed by atoms with van der Waals surface area (Å²) >= 11 is 0. The molecule has 2 aromatic carbocycles. The van der Waals surface area contributed by atoms with Gasteiger partial charge in [-0.25, -0.2) is 14.8 Å². The predicted molar refractivity (Wildman–Crippen MR) is 115 cm³/mol. The Morgan fingerprint density at radius 3 is 2.45 bits per heavy atom. The van der Waals surface area contributed by atoms with Crippen LogP contribution >= 0.6 is 12.4 Å². The largest absolute Gasteiger partial charge is 0.493 e. The summed E-state index contributed by atoms with van der Waals surface area (Å²) in [6, 6.07) is 9.21.